The van der Waals surface area contributed by atoms with Crippen molar-refractivity contribution < 1.29 is 4.79 Å². The van der Waals surface area contributed by atoms with Crippen molar-refractivity contribution in [2.45, 2.75) is 6.42 Å². The van der Waals surface area contributed by atoms with Gasteiger partial charge in [-0.05, 0) is 5.56 Å². The number of amides is 1. The Morgan fingerprint density at radius 1 is 1.36 bits per heavy atom. The summed E-state index contributed by atoms with van der Waals surface area (Å²) in [6, 6.07) is 12.6. The molecule has 0 aliphatic rings. The lowest BCUT2D eigenvalue weighted by molar-refractivity contribution is -0.117. The Hall–Kier alpha value is -1.95. The van der Waals surface area contributed by atoms with Gasteiger partial charge in [-0.15, -0.1) is 0 Å². The van der Waals surface area contributed by atoms with Crippen LogP contribution in [0.15, 0.2) is 30.3 Å². The van der Waals surface area contributed by atoms with Crippen molar-refractivity contribution in [1.82, 2.24) is 5.32 Å². The van der Waals surface area contributed by atoms with Crippen molar-refractivity contribution >= 4 is 5.91 Å². The summed E-state index contributed by atoms with van der Waals surface area (Å²) in [6.07, 6.45) is 0.673. The molecule has 0 radical (unpaired) electrons. The van der Waals surface area contributed by atoms with Gasteiger partial charge in [0.05, 0.1) is 0 Å². The minimum Gasteiger partial charge on any atom is -0.368 e. The molecule has 0 aromatic heterocycles. The number of hydrogen-bond acceptors (Lipinski definition) is 2. The molecule has 3 nitrogen and oxygen atoms in total. The summed E-state index contributed by atoms with van der Waals surface area (Å²) in [5.74, 6) is 2.48. The zero-order chi connectivity index (χ0) is 10.2. The predicted molar refractivity (Wildman–Crippen MR) is 55.1 cm³/mol. The molecule has 1 amide bonds. The molecular formula is C11H12N2O. The van der Waals surface area contributed by atoms with Crippen LogP contribution in [0.5, 0.6) is 0 Å². The smallest absolute Gasteiger partial charge is 0.237 e. The topological polar surface area (TPSA) is 55.1 Å². The van der Waals surface area contributed by atoms with E-state index in [1.807, 2.05) is 30.3 Å². The molecule has 0 spiro atoms. The van der Waals surface area contributed by atoms with Gasteiger partial charge in [0.1, 0.15) is 6.54 Å². The third-order valence-electron chi connectivity index (χ3n) is 1.57. The van der Waals surface area contributed by atoms with E-state index in [4.69, 9.17) is 5.73 Å². The highest BCUT2D eigenvalue weighted by molar-refractivity contribution is 5.76. The van der Waals surface area contributed by atoms with Gasteiger partial charge in [0, 0.05) is 12.5 Å². The van der Waals surface area contributed by atoms with E-state index in [0.717, 1.165) is 5.56 Å². The van der Waals surface area contributed by atoms with E-state index in [1.165, 1.54) is 0 Å². The van der Waals surface area contributed by atoms with Gasteiger partial charge >= 0.3 is 0 Å². The number of carbonyl (C=O) groups is 1. The van der Waals surface area contributed by atoms with Crippen molar-refractivity contribution in [3.05, 3.63) is 35.9 Å². The minimum atomic E-state index is -0.404. The van der Waals surface area contributed by atoms with Crippen LogP contribution in [0.3, 0.4) is 0 Å². The fourth-order valence-corrected chi connectivity index (χ4v) is 0.936. The molecule has 0 fully saturated rings. The number of hydrogen-bond donors (Lipinski definition) is 2. The van der Waals surface area contributed by atoms with E-state index < -0.39 is 5.91 Å². The molecule has 72 valence electrons. The first-order valence-electron chi connectivity index (χ1n) is 4.32. The Kier molecular flexibility index (Phi) is 4.09. The maximum absolute atomic E-state index is 10.3. The minimum absolute atomic E-state index is 0.0990. The molecule has 0 aliphatic carbocycles. The van der Waals surface area contributed by atoms with Gasteiger partial charge in [0.2, 0.25) is 5.91 Å². The van der Waals surface area contributed by atoms with E-state index in [1.54, 1.807) is 0 Å². The summed E-state index contributed by atoms with van der Waals surface area (Å²) in [5, 5.41) is 2.62. The number of nitrogens with two attached hydrogens (primary N) is 1. The van der Waals surface area contributed by atoms with Crippen LogP contribution < -0.4 is 11.1 Å². The molecule has 1 aromatic carbocycles. The van der Waals surface area contributed by atoms with Crippen molar-refractivity contribution in [2.75, 3.05) is 6.54 Å². The molecule has 0 aliphatic heterocycles. The summed E-state index contributed by atoms with van der Waals surface area (Å²) in [5.41, 5.74) is 6.07. The second kappa shape index (κ2) is 5.65. The van der Waals surface area contributed by atoms with Gasteiger partial charge in [-0.1, -0.05) is 36.3 Å². The second-order valence-corrected chi connectivity index (χ2v) is 2.78. The SMILES string of the molecule is NC(=O)CNC#CCc1ccccc1. The molecule has 0 unspecified atom stereocenters. The van der Waals surface area contributed by atoms with Crippen LogP contribution in [0, 0.1) is 12.0 Å². The van der Waals surface area contributed by atoms with Crippen molar-refractivity contribution in [3.63, 3.8) is 0 Å². The van der Waals surface area contributed by atoms with Crippen molar-refractivity contribution in [3.8, 4) is 12.0 Å². The fraction of sp³-hybridized carbons (Fsp3) is 0.182. The van der Waals surface area contributed by atoms with Gasteiger partial charge in [-0.2, -0.15) is 0 Å². The monoisotopic (exact) mass is 188 g/mol. The van der Waals surface area contributed by atoms with E-state index >= 15 is 0 Å². The Morgan fingerprint density at radius 3 is 2.71 bits per heavy atom. The first-order valence-corrected chi connectivity index (χ1v) is 4.32. The normalized spacial score (nSPS) is 8.57. The zero-order valence-electron chi connectivity index (χ0n) is 7.79. The first-order chi connectivity index (χ1) is 6.79. The fourth-order valence-electron chi connectivity index (χ4n) is 0.936. The van der Waals surface area contributed by atoms with Gasteiger partial charge < -0.3 is 11.1 Å². The maximum atomic E-state index is 10.3. The molecule has 0 heterocycles. The van der Waals surface area contributed by atoms with E-state index in [2.05, 4.69) is 17.3 Å². The third-order valence-corrected chi connectivity index (χ3v) is 1.57. The predicted octanol–water partition coefficient (Wildman–Crippen LogP) is 0.265. The van der Waals surface area contributed by atoms with E-state index in [-0.39, 0.29) is 6.54 Å². The lowest BCUT2D eigenvalue weighted by Crippen LogP contribution is -2.25. The lowest BCUT2D eigenvalue weighted by Gasteiger charge is -1.92. The molecular weight excluding hydrogens is 176 g/mol. The molecule has 14 heavy (non-hydrogen) atoms. The van der Waals surface area contributed by atoms with Crippen LogP contribution in [0.25, 0.3) is 0 Å². The highest BCUT2D eigenvalue weighted by Crippen LogP contribution is 1.97. The molecule has 0 bridgehead atoms. The Balaban J connectivity index is 2.30. The Labute approximate surface area is 83.3 Å². The molecule has 1 aromatic rings. The summed E-state index contributed by atoms with van der Waals surface area (Å²) in [4.78, 5) is 10.3. The molecule has 0 saturated heterocycles. The van der Waals surface area contributed by atoms with Crippen LogP contribution >= 0.6 is 0 Å². The number of nitrogens with one attached hydrogen (secondary N) is 1. The Morgan fingerprint density at radius 2 is 2.07 bits per heavy atom. The van der Waals surface area contributed by atoms with Crippen LogP contribution in [-0.4, -0.2) is 12.5 Å². The maximum Gasteiger partial charge on any atom is 0.237 e. The number of rotatable bonds is 3. The standard InChI is InChI=1S/C11H12N2O/c12-11(14)9-13-8-4-7-10-5-2-1-3-6-10/h1-3,5-6,13H,7,9H2,(H2,12,14). The average molecular weight is 188 g/mol. The van der Waals surface area contributed by atoms with Crippen LogP contribution in [-0.2, 0) is 11.2 Å². The van der Waals surface area contributed by atoms with Crippen molar-refractivity contribution in [2.24, 2.45) is 5.73 Å². The summed E-state index contributed by atoms with van der Waals surface area (Å²) in [6.45, 7) is 0.0990. The zero-order valence-corrected chi connectivity index (χ0v) is 7.79. The average Bonchev–Trinajstić information content (AvgIpc) is 2.18. The first kappa shape index (κ1) is 10.1. The quantitative estimate of drug-likeness (QED) is 0.528. The molecule has 3 heteroatoms. The third kappa shape index (κ3) is 4.17. The van der Waals surface area contributed by atoms with Crippen molar-refractivity contribution in [1.29, 1.82) is 0 Å². The van der Waals surface area contributed by atoms with Crippen LogP contribution in [0.2, 0.25) is 0 Å². The summed E-state index contributed by atoms with van der Waals surface area (Å²) < 4.78 is 0. The molecule has 3 N–H and O–H groups in total. The number of carbonyl (C=O) groups excluding carboxylic acids is 1. The van der Waals surface area contributed by atoms with Gasteiger partial charge in [0.15, 0.2) is 0 Å². The molecule has 1 rings (SSSR count). The number of primary amides is 1. The van der Waals surface area contributed by atoms with Crippen LogP contribution in [0.1, 0.15) is 5.56 Å². The van der Waals surface area contributed by atoms with E-state index in [9.17, 15) is 4.79 Å². The largest absolute Gasteiger partial charge is 0.368 e. The van der Waals surface area contributed by atoms with Gasteiger partial charge in [-0.3, -0.25) is 4.79 Å². The van der Waals surface area contributed by atoms with Gasteiger partial charge in [0.25, 0.3) is 0 Å². The summed E-state index contributed by atoms with van der Waals surface area (Å²) in [7, 11) is 0. The van der Waals surface area contributed by atoms with Gasteiger partial charge in [-0.25, -0.2) is 0 Å². The highest BCUT2D eigenvalue weighted by atomic mass is 16.1. The molecule has 0 saturated carbocycles. The summed E-state index contributed by atoms with van der Waals surface area (Å²) >= 11 is 0. The lowest BCUT2D eigenvalue weighted by atomic mass is 10.2. The Bertz CT molecular complexity index is 349. The highest BCUT2D eigenvalue weighted by Gasteiger charge is 1.87. The second-order valence-electron chi connectivity index (χ2n) is 2.78. The number of benzene rings is 1. The van der Waals surface area contributed by atoms with E-state index in [0.29, 0.717) is 6.42 Å². The van der Waals surface area contributed by atoms with Crippen LogP contribution in [0.4, 0.5) is 0 Å². The molecule has 0 atom stereocenters.